The summed E-state index contributed by atoms with van der Waals surface area (Å²) in [6.07, 6.45) is 1.10. The van der Waals surface area contributed by atoms with Crippen LogP contribution in [0.3, 0.4) is 0 Å². The van der Waals surface area contributed by atoms with Crippen LogP contribution in [0.15, 0.2) is 36.4 Å². The molecule has 0 unspecified atom stereocenters. The van der Waals surface area contributed by atoms with Gasteiger partial charge in [0.15, 0.2) is 0 Å². The third-order valence-electron chi connectivity index (χ3n) is 4.50. The molecule has 2 heterocycles. The summed E-state index contributed by atoms with van der Waals surface area (Å²) in [5.74, 6) is -1.34. The second-order valence-corrected chi connectivity index (χ2v) is 7.70. The molecule has 0 N–H and O–H groups in total. The van der Waals surface area contributed by atoms with Crippen LogP contribution < -0.4 is 4.74 Å². The quantitative estimate of drug-likeness (QED) is 0.618. The number of aromatic nitrogens is 1. The number of rotatable bonds is 3. The number of amides is 1. The number of hydrogen-bond acceptors (Lipinski definition) is 4. The fourth-order valence-electron chi connectivity index (χ4n) is 3.11. The van der Waals surface area contributed by atoms with Gasteiger partial charge in [-0.25, -0.2) is 13.8 Å². The average Bonchev–Trinajstić information content (AvgIpc) is 3.03. The Morgan fingerprint density at radius 2 is 2.00 bits per heavy atom. The molecule has 8 heteroatoms. The van der Waals surface area contributed by atoms with Gasteiger partial charge in [0.2, 0.25) is 0 Å². The molecule has 1 fully saturated rings. The zero-order valence-electron chi connectivity index (χ0n) is 14.1. The molecule has 2 aromatic carbocycles. The number of ether oxygens (including phenoxy) is 1. The molecule has 140 valence electrons. The van der Waals surface area contributed by atoms with Gasteiger partial charge in [0, 0.05) is 25.9 Å². The number of likely N-dealkylation sites (tertiary alicyclic amines) is 1. The fraction of sp³-hybridized carbons (Fsp3) is 0.263. The van der Waals surface area contributed by atoms with Gasteiger partial charge in [0.1, 0.15) is 17.7 Å². The highest BCUT2D eigenvalue weighted by Crippen LogP contribution is 2.30. The lowest BCUT2D eigenvalue weighted by atomic mass is 10.1. The van der Waals surface area contributed by atoms with E-state index in [1.807, 2.05) is 0 Å². The Morgan fingerprint density at radius 3 is 2.74 bits per heavy atom. The summed E-state index contributed by atoms with van der Waals surface area (Å²) in [6.45, 7) is 0.876. The number of nitrogens with zero attached hydrogens (tertiary/aromatic N) is 2. The van der Waals surface area contributed by atoms with Crippen molar-refractivity contribution in [3.8, 4) is 5.19 Å². The molecule has 4 nitrogen and oxygen atoms in total. The largest absolute Gasteiger partial charge is 0.467 e. The lowest BCUT2D eigenvalue weighted by Gasteiger charge is -2.31. The molecule has 0 spiro atoms. The minimum Gasteiger partial charge on any atom is -0.467 e. The molecule has 1 aromatic heterocycles. The average molecular weight is 409 g/mol. The van der Waals surface area contributed by atoms with E-state index in [9.17, 15) is 13.6 Å². The molecular formula is C19H15ClF2N2O2S. The topological polar surface area (TPSA) is 42.4 Å². The highest BCUT2D eigenvalue weighted by atomic mass is 35.5. The summed E-state index contributed by atoms with van der Waals surface area (Å²) in [5.41, 5.74) is 0.602. The molecule has 0 aliphatic carbocycles. The van der Waals surface area contributed by atoms with Crippen molar-refractivity contribution in [2.75, 3.05) is 13.1 Å². The summed E-state index contributed by atoms with van der Waals surface area (Å²) in [5, 5.41) is 0.595. The van der Waals surface area contributed by atoms with Gasteiger partial charge in [0.05, 0.1) is 20.8 Å². The number of fused-ring (bicyclic) bond motifs is 1. The highest BCUT2D eigenvalue weighted by Gasteiger charge is 2.28. The van der Waals surface area contributed by atoms with Gasteiger partial charge in [-0.15, -0.1) is 0 Å². The molecular weight excluding hydrogens is 394 g/mol. The van der Waals surface area contributed by atoms with E-state index < -0.39 is 11.7 Å². The summed E-state index contributed by atoms with van der Waals surface area (Å²) in [7, 11) is 0. The van der Waals surface area contributed by atoms with Crippen molar-refractivity contribution in [2.24, 2.45) is 0 Å². The van der Waals surface area contributed by atoms with Crippen LogP contribution in [0.5, 0.6) is 5.19 Å². The molecule has 1 aliphatic heterocycles. The van der Waals surface area contributed by atoms with E-state index in [1.54, 1.807) is 11.0 Å². The van der Waals surface area contributed by atoms with Gasteiger partial charge in [-0.1, -0.05) is 29.0 Å². The molecule has 0 radical (unpaired) electrons. The number of piperidine rings is 1. The zero-order valence-corrected chi connectivity index (χ0v) is 15.7. The van der Waals surface area contributed by atoms with Crippen LogP contribution in [0.1, 0.15) is 23.2 Å². The van der Waals surface area contributed by atoms with Crippen LogP contribution in [0.25, 0.3) is 10.2 Å². The SMILES string of the molecule is O=C(c1c(F)cccc1Cl)N1CCC(Oc2nc3ccc(F)cc3s2)CC1. The Kier molecular flexibility index (Phi) is 4.97. The van der Waals surface area contributed by atoms with E-state index in [1.165, 1.54) is 41.7 Å². The molecule has 0 atom stereocenters. The molecule has 1 amide bonds. The van der Waals surface area contributed by atoms with Crippen LogP contribution >= 0.6 is 22.9 Å². The highest BCUT2D eigenvalue weighted by molar-refractivity contribution is 7.20. The maximum Gasteiger partial charge on any atom is 0.274 e. The Bertz CT molecular complexity index is 982. The first-order chi connectivity index (χ1) is 13.0. The molecule has 0 saturated carbocycles. The molecule has 4 rings (SSSR count). The van der Waals surface area contributed by atoms with Crippen molar-refractivity contribution in [3.63, 3.8) is 0 Å². The smallest absolute Gasteiger partial charge is 0.274 e. The first kappa shape index (κ1) is 18.1. The Labute approximate surface area is 163 Å². The first-order valence-electron chi connectivity index (χ1n) is 8.47. The van der Waals surface area contributed by atoms with Gasteiger partial charge in [-0.2, -0.15) is 0 Å². The number of benzene rings is 2. The number of thiazole rings is 1. The first-order valence-corrected chi connectivity index (χ1v) is 9.67. The van der Waals surface area contributed by atoms with E-state index >= 15 is 0 Å². The molecule has 0 bridgehead atoms. The molecule has 3 aromatic rings. The van der Waals surface area contributed by atoms with Crippen LogP contribution in [-0.4, -0.2) is 35.0 Å². The van der Waals surface area contributed by atoms with Crippen molar-refractivity contribution in [2.45, 2.75) is 18.9 Å². The second kappa shape index (κ2) is 7.40. The van der Waals surface area contributed by atoms with E-state index in [-0.39, 0.29) is 22.5 Å². The summed E-state index contributed by atoms with van der Waals surface area (Å²) < 4.78 is 33.9. The lowest BCUT2D eigenvalue weighted by Crippen LogP contribution is -2.42. The second-order valence-electron chi connectivity index (χ2n) is 6.30. The normalized spacial score (nSPS) is 15.3. The van der Waals surface area contributed by atoms with E-state index in [0.29, 0.717) is 36.6 Å². The lowest BCUT2D eigenvalue weighted by molar-refractivity contribution is 0.0591. The summed E-state index contributed by atoms with van der Waals surface area (Å²) in [6, 6.07) is 8.61. The molecule has 27 heavy (non-hydrogen) atoms. The van der Waals surface area contributed by atoms with Gasteiger partial charge in [-0.3, -0.25) is 4.79 Å². The van der Waals surface area contributed by atoms with Crippen LogP contribution in [0.4, 0.5) is 8.78 Å². The predicted molar refractivity (Wildman–Crippen MR) is 101 cm³/mol. The third kappa shape index (κ3) is 3.75. The standard InChI is InChI=1S/C19H15ClF2N2O2S/c20-13-2-1-3-14(22)17(13)18(25)24-8-6-12(7-9-24)26-19-23-15-5-4-11(21)10-16(15)27-19/h1-5,10,12H,6-9H2. The Hall–Kier alpha value is -2.25. The fourth-order valence-corrected chi connectivity index (χ4v) is 4.26. The zero-order chi connectivity index (χ0) is 19.0. The monoisotopic (exact) mass is 408 g/mol. The number of hydrogen-bond donors (Lipinski definition) is 0. The number of carbonyl (C=O) groups excluding carboxylic acids is 1. The van der Waals surface area contributed by atoms with Crippen LogP contribution in [0.2, 0.25) is 5.02 Å². The van der Waals surface area contributed by atoms with Gasteiger partial charge in [-0.05, 0) is 30.3 Å². The van der Waals surface area contributed by atoms with Crippen molar-refractivity contribution in [1.29, 1.82) is 0 Å². The van der Waals surface area contributed by atoms with Crippen LogP contribution in [0, 0.1) is 11.6 Å². The number of carbonyl (C=O) groups is 1. The summed E-state index contributed by atoms with van der Waals surface area (Å²) >= 11 is 7.28. The number of halogens is 3. The maximum absolute atomic E-state index is 14.0. The van der Waals surface area contributed by atoms with Crippen molar-refractivity contribution in [1.82, 2.24) is 9.88 Å². The Balaban J connectivity index is 1.40. The predicted octanol–water partition coefficient (Wildman–Crippen LogP) is 4.91. The van der Waals surface area contributed by atoms with Crippen molar-refractivity contribution >= 4 is 39.1 Å². The van der Waals surface area contributed by atoms with Crippen LogP contribution in [-0.2, 0) is 0 Å². The summed E-state index contributed by atoms with van der Waals surface area (Å²) in [4.78, 5) is 18.5. The molecule has 1 saturated heterocycles. The van der Waals surface area contributed by atoms with E-state index in [2.05, 4.69) is 4.98 Å². The van der Waals surface area contributed by atoms with E-state index in [0.717, 1.165) is 4.70 Å². The van der Waals surface area contributed by atoms with Gasteiger partial charge in [0.25, 0.3) is 11.1 Å². The van der Waals surface area contributed by atoms with Gasteiger partial charge >= 0.3 is 0 Å². The Morgan fingerprint density at radius 1 is 1.22 bits per heavy atom. The van der Waals surface area contributed by atoms with E-state index in [4.69, 9.17) is 16.3 Å². The van der Waals surface area contributed by atoms with Crippen molar-refractivity contribution in [3.05, 3.63) is 58.6 Å². The third-order valence-corrected chi connectivity index (χ3v) is 5.73. The maximum atomic E-state index is 14.0. The minimum atomic E-state index is -0.618. The van der Waals surface area contributed by atoms with Gasteiger partial charge < -0.3 is 9.64 Å². The molecule has 1 aliphatic rings. The van der Waals surface area contributed by atoms with Crippen molar-refractivity contribution < 1.29 is 18.3 Å². The minimum absolute atomic E-state index is 0.0910.